The maximum absolute atomic E-state index is 5.57. The molecule has 0 aliphatic carbocycles. The second kappa shape index (κ2) is 6.49. The summed E-state index contributed by atoms with van der Waals surface area (Å²) in [6.07, 6.45) is 5.07. The largest absolute Gasteiger partial charge is 0.271 e. The second-order valence-corrected chi connectivity index (χ2v) is 5.07. The van der Waals surface area contributed by atoms with Gasteiger partial charge in [-0.2, -0.15) is 0 Å². The number of aryl methyl sites for hydroxylation is 1. The van der Waals surface area contributed by atoms with Crippen LogP contribution in [0.2, 0.25) is 0 Å². The van der Waals surface area contributed by atoms with Crippen LogP contribution >= 0.6 is 11.8 Å². The molecule has 0 fully saturated rings. The Bertz CT molecular complexity index is 489. The minimum absolute atomic E-state index is 0.00390. The Balaban J connectivity index is 2.00. The van der Waals surface area contributed by atoms with E-state index in [9.17, 15) is 0 Å². The van der Waals surface area contributed by atoms with E-state index in [0.717, 1.165) is 11.4 Å². The van der Waals surface area contributed by atoms with E-state index in [4.69, 9.17) is 5.84 Å². The Kier molecular flexibility index (Phi) is 4.69. The standard InChI is InChI=1S/C13H16N4S/c1-10-3-2-4-11(7-10)18-9-13(17-14)12-8-15-5-6-16-12/h2-8,13,17H,9,14H2,1H3. The minimum atomic E-state index is 0.00390. The van der Waals surface area contributed by atoms with Crippen molar-refractivity contribution < 1.29 is 0 Å². The second-order valence-electron chi connectivity index (χ2n) is 3.98. The van der Waals surface area contributed by atoms with Gasteiger partial charge in [0, 0.05) is 23.0 Å². The molecule has 1 aromatic carbocycles. The van der Waals surface area contributed by atoms with Crippen molar-refractivity contribution in [2.45, 2.75) is 17.9 Å². The summed E-state index contributed by atoms with van der Waals surface area (Å²) in [5, 5.41) is 0. The molecule has 0 saturated heterocycles. The summed E-state index contributed by atoms with van der Waals surface area (Å²) in [7, 11) is 0. The van der Waals surface area contributed by atoms with Crippen LogP contribution in [0.4, 0.5) is 0 Å². The monoisotopic (exact) mass is 260 g/mol. The van der Waals surface area contributed by atoms with Gasteiger partial charge in [-0.3, -0.25) is 21.2 Å². The molecular formula is C13H16N4S. The number of rotatable bonds is 5. The van der Waals surface area contributed by atoms with Crippen LogP contribution in [-0.2, 0) is 0 Å². The first-order valence-electron chi connectivity index (χ1n) is 5.71. The van der Waals surface area contributed by atoms with Gasteiger partial charge in [0.05, 0.1) is 17.9 Å². The fourth-order valence-corrected chi connectivity index (χ4v) is 2.66. The molecule has 5 heteroatoms. The number of aromatic nitrogens is 2. The van der Waals surface area contributed by atoms with Crippen molar-refractivity contribution in [2.75, 3.05) is 5.75 Å². The summed E-state index contributed by atoms with van der Waals surface area (Å²) in [6.45, 7) is 2.09. The van der Waals surface area contributed by atoms with Gasteiger partial charge in [0.25, 0.3) is 0 Å². The summed E-state index contributed by atoms with van der Waals surface area (Å²) in [6, 6.07) is 8.41. The fraction of sp³-hybridized carbons (Fsp3) is 0.231. The van der Waals surface area contributed by atoms with E-state index >= 15 is 0 Å². The molecule has 1 atom stereocenters. The predicted molar refractivity (Wildman–Crippen MR) is 74.0 cm³/mol. The van der Waals surface area contributed by atoms with Crippen LogP contribution in [0.5, 0.6) is 0 Å². The highest BCUT2D eigenvalue weighted by atomic mass is 32.2. The molecule has 2 rings (SSSR count). The highest BCUT2D eigenvalue weighted by molar-refractivity contribution is 7.99. The summed E-state index contributed by atoms with van der Waals surface area (Å²) >= 11 is 1.75. The van der Waals surface area contributed by atoms with Crippen molar-refractivity contribution in [3.05, 3.63) is 54.1 Å². The number of nitrogens with two attached hydrogens (primary N) is 1. The third-order valence-corrected chi connectivity index (χ3v) is 3.63. The van der Waals surface area contributed by atoms with Crippen molar-refractivity contribution >= 4 is 11.8 Å². The van der Waals surface area contributed by atoms with Gasteiger partial charge in [0.15, 0.2) is 0 Å². The molecule has 0 aliphatic rings. The molecule has 2 aromatic rings. The molecule has 4 nitrogen and oxygen atoms in total. The first-order chi connectivity index (χ1) is 8.79. The molecule has 1 heterocycles. The van der Waals surface area contributed by atoms with E-state index in [1.165, 1.54) is 10.5 Å². The molecule has 3 N–H and O–H groups in total. The lowest BCUT2D eigenvalue weighted by Gasteiger charge is -2.14. The molecule has 1 aromatic heterocycles. The molecule has 94 valence electrons. The number of hydrazine groups is 1. The lowest BCUT2D eigenvalue weighted by molar-refractivity contribution is 0.592. The number of thioether (sulfide) groups is 1. The normalized spacial score (nSPS) is 12.3. The van der Waals surface area contributed by atoms with Crippen molar-refractivity contribution in [1.29, 1.82) is 0 Å². The number of hydrogen-bond acceptors (Lipinski definition) is 5. The molecule has 0 aliphatic heterocycles. The van der Waals surface area contributed by atoms with Crippen LogP contribution in [0.25, 0.3) is 0 Å². The average Bonchev–Trinajstić information content (AvgIpc) is 2.41. The Hall–Kier alpha value is -1.43. The quantitative estimate of drug-likeness (QED) is 0.489. The molecule has 0 radical (unpaired) electrons. The van der Waals surface area contributed by atoms with Gasteiger partial charge in [-0.25, -0.2) is 0 Å². The summed E-state index contributed by atoms with van der Waals surface area (Å²) < 4.78 is 0. The van der Waals surface area contributed by atoms with Gasteiger partial charge in [0.1, 0.15) is 0 Å². The number of nitrogens with one attached hydrogen (secondary N) is 1. The van der Waals surface area contributed by atoms with Gasteiger partial charge < -0.3 is 0 Å². The maximum atomic E-state index is 5.57. The highest BCUT2D eigenvalue weighted by Gasteiger charge is 2.11. The molecule has 0 spiro atoms. The minimum Gasteiger partial charge on any atom is -0.271 e. The van der Waals surface area contributed by atoms with Gasteiger partial charge in [-0.05, 0) is 19.1 Å². The zero-order valence-corrected chi connectivity index (χ0v) is 11.0. The third-order valence-electron chi connectivity index (χ3n) is 2.55. The predicted octanol–water partition coefficient (Wildman–Crippen LogP) is 2.08. The SMILES string of the molecule is Cc1cccc(SCC(NN)c2cnccn2)c1. The van der Waals surface area contributed by atoms with Crippen molar-refractivity contribution in [3.8, 4) is 0 Å². The smallest absolute Gasteiger partial charge is 0.0778 e. The zero-order chi connectivity index (χ0) is 12.8. The van der Waals surface area contributed by atoms with E-state index in [1.54, 1.807) is 30.4 Å². The molecular weight excluding hydrogens is 244 g/mol. The average molecular weight is 260 g/mol. The first kappa shape index (κ1) is 13.0. The number of hydrogen-bond donors (Lipinski definition) is 2. The molecule has 0 amide bonds. The number of benzene rings is 1. The van der Waals surface area contributed by atoms with Gasteiger partial charge in [-0.15, -0.1) is 11.8 Å². The molecule has 18 heavy (non-hydrogen) atoms. The highest BCUT2D eigenvalue weighted by Crippen LogP contribution is 2.23. The van der Waals surface area contributed by atoms with Crippen molar-refractivity contribution in [2.24, 2.45) is 5.84 Å². The van der Waals surface area contributed by atoms with Gasteiger partial charge in [-0.1, -0.05) is 17.7 Å². The molecule has 0 bridgehead atoms. The van der Waals surface area contributed by atoms with E-state index in [-0.39, 0.29) is 6.04 Å². The Labute approximate surface area is 111 Å². The Morgan fingerprint density at radius 3 is 2.94 bits per heavy atom. The number of nitrogens with zero attached hydrogens (tertiary/aromatic N) is 2. The van der Waals surface area contributed by atoms with E-state index in [0.29, 0.717) is 0 Å². The third kappa shape index (κ3) is 3.53. The molecule has 0 saturated carbocycles. The van der Waals surface area contributed by atoms with Crippen molar-refractivity contribution in [1.82, 2.24) is 15.4 Å². The van der Waals surface area contributed by atoms with E-state index < -0.39 is 0 Å². The van der Waals surface area contributed by atoms with Crippen LogP contribution in [-0.4, -0.2) is 15.7 Å². The van der Waals surface area contributed by atoms with E-state index in [1.807, 2.05) is 0 Å². The van der Waals surface area contributed by atoms with Crippen LogP contribution in [0.1, 0.15) is 17.3 Å². The lowest BCUT2D eigenvalue weighted by Crippen LogP contribution is -2.30. The van der Waals surface area contributed by atoms with Crippen molar-refractivity contribution in [3.63, 3.8) is 0 Å². The van der Waals surface area contributed by atoms with Crippen LogP contribution in [0.15, 0.2) is 47.8 Å². The summed E-state index contributed by atoms with van der Waals surface area (Å²) in [5.74, 6) is 6.39. The fourth-order valence-electron chi connectivity index (χ4n) is 1.59. The van der Waals surface area contributed by atoms with Gasteiger partial charge >= 0.3 is 0 Å². The Morgan fingerprint density at radius 2 is 2.28 bits per heavy atom. The lowest BCUT2D eigenvalue weighted by atomic mass is 10.2. The van der Waals surface area contributed by atoms with Crippen LogP contribution in [0.3, 0.4) is 0 Å². The van der Waals surface area contributed by atoms with Crippen LogP contribution < -0.4 is 11.3 Å². The first-order valence-corrected chi connectivity index (χ1v) is 6.69. The summed E-state index contributed by atoms with van der Waals surface area (Å²) in [4.78, 5) is 9.55. The zero-order valence-electron chi connectivity index (χ0n) is 10.2. The Morgan fingerprint density at radius 1 is 1.39 bits per heavy atom. The van der Waals surface area contributed by atoms with Gasteiger partial charge in [0.2, 0.25) is 0 Å². The maximum Gasteiger partial charge on any atom is 0.0778 e. The molecule has 1 unspecified atom stereocenters. The summed E-state index contributed by atoms with van der Waals surface area (Å²) in [5.41, 5.74) is 4.90. The van der Waals surface area contributed by atoms with E-state index in [2.05, 4.69) is 46.6 Å². The van der Waals surface area contributed by atoms with Crippen LogP contribution in [0, 0.1) is 6.92 Å². The topological polar surface area (TPSA) is 63.8 Å².